The van der Waals surface area contributed by atoms with Gasteiger partial charge in [0.25, 0.3) is 0 Å². The zero-order valence-corrected chi connectivity index (χ0v) is 15.4. The predicted molar refractivity (Wildman–Crippen MR) is 97.5 cm³/mol. The normalized spacial score (nSPS) is 22.2. The van der Waals surface area contributed by atoms with Crippen molar-refractivity contribution in [3.05, 3.63) is 23.1 Å². The molecule has 1 N–H and O–H groups in total. The molecule has 4 rings (SSSR count). The number of rotatable bonds is 6. The summed E-state index contributed by atoms with van der Waals surface area (Å²) in [6, 6.07) is 2.59. The van der Waals surface area contributed by atoms with E-state index in [0.717, 1.165) is 24.2 Å². The summed E-state index contributed by atoms with van der Waals surface area (Å²) in [5.74, 6) is 1.61. The fourth-order valence-corrected chi connectivity index (χ4v) is 3.34. The third-order valence-electron chi connectivity index (χ3n) is 5.23. The highest BCUT2D eigenvalue weighted by Gasteiger charge is 2.31. The summed E-state index contributed by atoms with van der Waals surface area (Å²) in [4.78, 5) is 8.63. The maximum absolute atomic E-state index is 8.92. The van der Waals surface area contributed by atoms with Gasteiger partial charge in [0.05, 0.1) is 42.2 Å². The Kier molecular flexibility index (Phi) is 4.68. The number of anilines is 2. The Labute approximate surface area is 157 Å². The molecule has 2 heterocycles. The van der Waals surface area contributed by atoms with Crippen molar-refractivity contribution in [1.29, 1.82) is 5.26 Å². The van der Waals surface area contributed by atoms with Crippen molar-refractivity contribution in [2.45, 2.75) is 45.1 Å². The third kappa shape index (κ3) is 3.47. The first-order valence-corrected chi connectivity index (χ1v) is 9.38. The van der Waals surface area contributed by atoms with Crippen LogP contribution in [-0.2, 0) is 0 Å². The number of hydrogen-bond donors (Lipinski definition) is 1. The zero-order chi connectivity index (χ0) is 18.1. The Morgan fingerprint density at radius 2 is 2.23 bits per heavy atom. The molecule has 0 aliphatic heterocycles. The van der Waals surface area contributed by atoms with Gasteiger partial charge in [-0.3, -0.25) is 4.68 Å². The molecular formula is C18H21ClN6O. The smallest absolute Gasteiger partial charge is 0.237 e. The van der Waals surface area contributed by atoms with Crippen LogP contribution in [0.25, 0.3) is 0 Å². The standard InChI is InChI=1S/C18H21ClN6O/c1-11-16(9-25(24-11)14-5-13(6-14)7-20)22-18-21-8-15(19)17(23-18)26-10-12-3-2-4-12/h8-9,12-14H,2-6,10H2,1H3,(H,21,22,23). The average Bonchev–Trinajstić information content (AvgIpc) is 2.88. The lowest BCUT2D eigenvalue weighted by molar-refractivity contribution is 0.176. The molecule has 8 heteroatoms. The van der Waals surface area contributed by atoms with Gasteiger partial charge >= 0.3 is 0 Å². The third-order valence-corrected chi connectivity index (χ3v) is 5.48. The number of nitrogens with one attached hydrogen (secondary N) is 1. The van der Waals surface area contributed by atoms with Gasteiger partial charge in [-0.15, -0.1) is 0 Å². The highest BCUT2D eigenvalue weighted by atomic mass is 35.5. The predicted octanol–water partition coefficient (Wildman–Crippen LogP) is 4.03. The van der Waals surface area contributed by atoms with Crippen molar-refractivity contribution in [2.75, 3.05) is 11.9 Å². The summed E-state index contributed by atoms with van der Waals surface area (Å²) in [5.41, 5.74) is 1.71. The summed E-state index contributed by atoms with van der Waals surface area (Å²) in [6.07, 6.45) is 8.90. The Hall–Kier alpha value is -2.33. The van der Waals surface area contributed by atoms with Crippen LogP contribution in [0.1, 0.15) is 43.8 Å². The number of aryl methyl sites for hydroxylation is 1. The van der Waals surface area contributed by atoms with E-state index >= 15 is 0 Å². The molecular weight excluding hydrogens is 352 g/mol. The second-order valence-corrected chi connectivity index (χ2v) is 7.55. The molecule has 2 aliphatic carbocycles. The maximum atomic E-state index is 8.92. The number of nitrogens with zero attached hydrogens (tertiary/aromatic N) is 5. The molecule has 0 saturated heterocycles. The Morgan fingerprint density at radius 1 is 1.42 bits per heavy atom. The van der Waals surface area contributed by atoms with Crippen molar-refractivity contribution >= 4 is 23.2 Å². The van der Waals surface area contributed by atoms with Crippen LogP contribution < -0.4 is 10.1 Å². The van der Waals surface area contributed by atoms with Crippen molar-refractivity contribution in [1.82, 2.24) is 19.7 Å². The van der Waals surface area contributed by atoms with Gasteiger partial charge in [0, 0.05) is 6.20 Å². The number of hydrogen-bond acceptors (Lipinski definition) is 6. The minimum absolute atomic E-state index is 0.149. The van der Waals surface area contributed by atoms with Gasteiger partial charge < -0.3 is 10.1 Å². The zero-order valence-electron chi connectivity index (χ0n) is 14.7. The van der Waals surface area contributed by atoms with E-state index in [0.29, 0.717) is 35.4 Å². The Morgan fingerprint density at radius 3 is 2.92 bits per heavy atom. The molecule has 0 amide bonds. The molecule has 136 valence electrons. The van der Waals surface area contributed by atoms with Gasteiger partial charge in [-0.25, -0.2) is 4.98 Å². The molecule has 2 aromatic heterocycles. The topological polar surface area (TPSA) is 88.7 Å². The summed E-state index contributed by atoms with van der Waals surface area (Å²) < 4.78 is 7.69. The molecule has 2 aliphatic rings. The summed E-state index contributed by atoms with van der Waals surface area (Å²) in [5, 5.41) is 17.1. The molecule has 0 radical (unpaired) electrons. The Bertz CT molecular complexity index is 835. The molecule has 7 nitrogen and oxygen atoms in total. The molecule has 0 aromatic carbocycles. The van der Waals surface area contributed by atoms with Crippen LogP contribution in [0.3, 0.4) is 0 Å². The molecule has 0 bridgehead atoms. The van der Waals surface area contributed by atoms with E-state index in [9.17, 15) is 0 Å². The maximum Gasteiger partial charge on any atom is 0.237 e. The van der Waals surface area contributed by atoms with E-state index in [2.05, 4.69) is 26.5 Å². The number of aromatic nitrogens is 4. The fourth-order valence-electron chi connectivity index (χ4n) is 3.19. The minimum atomic E-state index is 0.149. The summed E-state index contributed by atoms with van der Waals surface area (Å²) in [7, 11) is 0. The molecule has 2 saturated carbocycles. The van der Waals surface area contributed by atoms with Crippen molar-refractivity contribution in [3.8, 4) is 11.9 Å². The van der Waals surface area contributed by atoms with Crippen molar-refractivity contribution in [3.63, 3.8) is 0 Å². The van der Waals surface area contributed by atoms with E-state index in [1.165, 1.54) is 19.3 Å². The van der Waals surface area contributed by atoms with E-state index in [-0.39, 0.29) is 5.92 Å². The Balaban J connectivity index is 1.43. The molecule has 2 aromatic rings. The quantitative estimate of drug-likeness (QED) is 0.823. The summed E-state index contributed by atoms with van der Waals surface area (Å²) >= 11 is 6.15. The van der Waals surface area contributed by atoms with Crippen LogP contribution >= 0.6 is 11.6 Å². The average molecular weight is 373 g/mol. The van der Waals surface area contributed by atoms with Crippen LogP contribution in [-0.4, -0.2) is 26.4 Å². The molecule has 26 heavy (non-hydrogen) atoms. The van der Waals surface area contributed by atoms with Crippen LogP contribution in [0.15, 0.2) is 12.4 Å². The number of nitriles is 1. The van der Waals surface area contributed by atoms with Gasteiger partial charge in [0.2, 0.25) is 11.8 Å². The van der Waals surface area contributed by atoms with E-state index in [1.54, 1.807) is 6.20 Å². The number of halogens is 1. The van der Waals surface area contributed by atoms with Gasteiger partial charge in [-0.1, -0.05) is 18.0 Å². The van der Waals surface area contributed by atoms with Crippen molar-refractivity contribution in [2.24, 2.45) is 11.8 Å². The molecule has 0 unspecified atom stereocenters. The highest BCUT2D eigenvalue weighted by molar-refractivity contribution is 6.31. The minimum Gasteiger partial charge on any atom is -0.476 e. The first-order chi connectivity index (χ1) is 12.6. The van der Waals surface area contributed by atoms with E-state index in [4.69, 9.17) is 21.6 Å². The molecule has 0 spiro atoms. The van der Waals surface area contributed by atoms with Crippen LogP contribution in [0, 0.1) is 30.1 Å². The van der Waals surface area contributed by atoms with E-state index < -0.39 is 0 Å². The fraction of sp³-hybridized carbons (Fsp3) is 0.556. The summed E-state index contributed by atoms with van der Waals surface area (Å²) in [6.45, 7) is 2.58. The van der Waals surface area contributed by atoms with Crippen molar-refractivity contribution < 1.29 is 4.74 Å². The second-order valence-electron chi connectivity index (χ2n) is 7.14. The van der Waals surface area contributed by atoms with Crippen LogP contribution in [0.2, 0.25) is 5.02 Å². The monoisotopic (exact) mass is 372 g/mol. The van der Waals surface area contributed by atoms with Crippen LogP contribution in [0.5, 0.6) is 5.88 Å². The lowest BCUT2D eigenvalue weighted by Crippen LogP contribution is -2.26. The van der Waals surface area contributed by atoms with Gasteiger partial charge in [0.15, 0.2) is 0 Å². The largest absolute Gasteiger partial charge is 0.476 e. The molecule has 0 atom stereocenters. The number of ether oxygens (including phenoxy) is 1. The SMILES string of the molecule is Cc1nn(C2CC(C#N)C2)cc1Nc1ncc(Cl)c(OCC2CCC2)n1. The van der Waals surface area contributed by atoms with Gasteiger partial charge in [0.1, 0.15) is 5.02 Å². The second kappa shape index (κ2) is 7.12. The lowest BCUT2D eigenvalue weighted by Gasteiger charge is -2.30. The molecule has 2 fully saturated rings. The first-order valence-electron chi connectivity index (χ1n) is 9.00. The highest BCUT2D eigenvalue weighted by Crippen LogP contribution is 2.38. The van der Waals surface area contributed by atoms with Gasteiger partial charge in [-0.2, -0.15) is 15.3 Å². The van der Waals surface area contributed by atoms with Crippen LogP contribution in [0.4, 0.5) is 11.6 Å². The first kappa shape index (κ1) is 17.1. The van der Waals surface area contributed by atoms with E-state index in [1.807, 2.05) is 17.8 Å². The van der Waals surface area contributed by atoms with Gasteiger partial charge in [-0.05, 0) is 38.5 Å². The lowest BCUT2D eigenvalue weighted by atomic mass is 9.81.